The van der Waals surface area contributed by atoms with Crippen molar-refractivity contribution < 1.29 is 14.4 Å². The highest BCUT2D eigenvalue weighted by Gasteiger charge is 2.28. The van der Waals surface area contributed by atoms with Gasteiger partial charge in [-0.15, -0.1) is 0 Å². The van der Waals surface area contributed by atoms with Crippen LogP contribution in [0.2, 0.25) is 0 Å². The monoisotopic (exact) mass is 314 g/mol. The molecule has 23 heavy (non-hydrogen) atoms. The molecular formula is C20H25FNO+. The van der Waals surface area contributed by atoms with E-state index in [1.165, 1.54) is 44.5 Å². The Kier molecular flexibility index (Phi) is 5.42. The third-order valence-corrected chi connectivity index (χ3v) is 4.89. The molecule has 1 aliphatic heterocycles. The number of nitrogens with one attached hydrogen (secondary N) is 1. The van der Waals surface area contributed by atoms with Crippen LogP contribution in [0, 0.1) is 5.82 Å². The number of hydrogen-bond acceptors (Lipinski definition) is 1. The Labute approximate surface area is 137 Å². The highest BCUT2D eigenvalue weighted by molar-refractivity contribution is 5.27. The van der Waals surface area contributed by atoms with Crippen molar-refractivity contribution in [3.63, 3.8) is 0 Å². The molecule has 2 N–H and O–H groups in total. The van der Waals surface area contributed by atoms with E-state index in [0.29, 0.717) is 0 Å². The lowest BCUT2D eigenvalue weighted by atomic mass is 9.88. The van der Waals surface area contributed by atoms with Crippen LogP contribution in [-0.4, -0.2) is 24.7 Å². The van der Waals surface area contributed by atoms with Gasteiger partial charge >= 0.3 is 0 Å². The van der Waals surface area contributed by atoms with Crippen molar-refractivity contribution in [1.82, 2.24) is 0 Å². The van der Waals surface area contributed by atoms with Crippen molar-refractivity contribution in [3.05, 3.63) is 71.5 Å². The minimum atomic E-state index is -0.604. The van der Waals surface area contributed by atoms with Crippen LogP contribution in [0.5, 0.6) is 0 Å². The molecule has 0 spiro atoms. The van der Waals surface area contributed by atoms with Crippen LogP contribution in [0.3, 0.4) is 0 Å². The van der Waals surface area contributed by atoms with Gasteiger partial charge < -0.3 is 10.0 Å². The predicted octanol–water partition coefficient (Wildman–Crippen LogP) is 2.71. The smallest absolute Gasteiger partial charge is 0.123 e. The second-order valence-electron chi connectivity index (χ2n) is 6.53. The molecule has 3 rings (SSSR count). The van der Waals surface area contributed by atoms with E-state index in [-0.39, 0.29) is 11.7 Å². The van der Waals surface area contributed by atoms with Crippen molar-refractivity contribution in [2.45, 2.75) is 31.3 Å². The number of halogens is 1. The van der Waals surface area contributed by atoms with Crippen LogP contribution in [0.15, 0.2) is 54.6 Å². The van der Waals surface area contributed by atoms with E-state index in [2.05, 4.69) is 12.1 Å². The zero-order valence-corrected chi connectivity index (χ0v) is 13.4. The zero-order chi connectivity index (χ0) is 16.1. The Hall–Kier alpha value is -1.71. The molecule has 1 saturated heterocycles. The van der Waals surface area contributed by atoms with Gasteiger partial charge in [0.1, 0.15) is 5.82 Å². The third-order valence-electron chi connectivity index (χ3n) is 4.89. The summed E-state index contributed by atoms with van der Waals surface area (Å²) in [6, 6.07) is 16.4. The fraction of sp³-hybridized carbons (Fsp3) is 0.400. The molecular weight excluding hydrogens is 289 g/mol. The maximum Gasteiger partial charge on any atom is 0.123 e. The van der Waals surface area contributed by atoms with Gasteiger partial charge in [0.15, 0.2) is 0 Å². The first-order valence-corrected chi connectivity index (χ1v) is 8.56. The fourth-order valence-corrected chi connectivity index (χ4v) is 3.57. The Morgan fingerprint density at radius 3 is 2.17 bits per heavy atom. The molecule has 0 saturated carbocycles. The van der Waals surface area contributed by atoms with Crippen LogP contribution in [0.25, 0.3) is 0 Å². The maximum absolute atomic E-state index is 13.2. The molecule has 0 unspecified atom stereocenters. The topological polar surface area (TPSA) is 24.7 Å². The standard InChI is InChI=1S/C20H24FNO/c21-18-11-9-17(10-12-18)20(23)19(16-7-3-1-4-8-16)15-22-13-5-2-6-14-22/h1,3-4,7-12,19-20,23H,2,5-6,13-15H2/p+1/t19-,20-/m1/s1. The SMILES string of the molecule is O[C@H](c1ccc(F)cc1)[C@H](C[NH+]1CCCCC1)c1ccccc1. The summed E-state index contributed by atoms with van der Waals surface area (Å²) in [6.45, 7) is 3.28. The van der Waals surface area contributed by atoms with Gasteiger partial charge in [0.25, 0.3) is 0 Å². The number of likely N-dealkylation sites (tertiary alicyclic amines) is 1. The lowest BCUT2D eigenvalue weighted by molar-refractivity contribution is -0.906. The van der Waals surface area contributed by atoms with E-state index in [1.54, 1.807) is 17.0 Å². The highest BCUT2D eigenvalue weighted by Crippen LogP contribution is 2.30. The van der Waals surface area contributed by atoms with Gasteiger partial charge in [0.2, 0.25) is 0 Å². The Balaban J connectivity index is 1.83. The molecule has 0 amide bonds. The van der Waals surface area contributed by atoms with Gasteiger partial charge in [-0.3, -0.25) is 0 Å². The molecule has 1 heterocycles. The summed E-state index contributed by atoms with van der Waals surface area (Å²) in [5, 5.41) is 10.9. The summed E-state index contributed by atoms with van der Waals surface area (Å²) >= 11 is 0. The number of quaternary nitrogens is 1. The summed E-state index contributed by atoms with van der Waals surface area (Å²) in [5.74, 6) is -0.228. The fourth-order valence-electron chi connectivity index (χ4n) is 3.57. The molecule has 1 aliphatic rings. The molecule has 0 bridgehead atoms. The number of rotatable bonds is 5. The van der Waals surface area contributed by atoms with Crippen LogP contribution in [0.1, 0.15) is 42.4 Å². The largest absolute Gasteiger partial charge is 0.388 e. The molecule has 2 atom stereocenters. The minimum absolute atomic E-state index is 0.0368. The number of aliphatic hydroxyl groups is 1. The van der Waals surface area contributed by atoms with Gasteiger partial charge in [-0.05, 0) is 42.5 Å². The summed E-state index contributed by atoms with van der Waals surface area (Å²) in [7, 11) is 0. The van der Waals surface area contributed by atoms with Gasteiger partial charge in [-0.1, -0.05) is 42.5 Å². The van der Waals surface area contributed by atoms with Crippen molar-refractivity contribution in [1.29, 1.82) is 0 Å². The lowest BCUT2D eigenvalue weighted by Gasteiger charge is -2.30. The van der Waals surface area contributed by atoms with Crippen molar-refractivity contribution in [2.75, 3.05) is 19.6 Å². The molecule has 1 fully saturated rings. The normalized spacial score (nSPS) is 18.5. The second kappa shape index (κ2) is 7.71. The zero-order valence-electron chi connectivity index (χ0n) is 13.4. The number of piperidine rings is 1. The number of aliphatic hydroxyl groups excluding tert-OH is 1. The van der Waals surface area contributed by atoms with Crippen LogP contribution < -0.4 is 4.90 Å². The van der Waals surface area contributed by atoms with E-state index >= 15 is 0 Å². The van der Waals surface area contributed by atoms with Gasteiger partial charge in [0.05, 0.1) is 31.7 Å². The molecule has 2 aromatic carbocycles. The molecule has 2 aromatic rings. The first-order chi connectivity index (χ1) is 11.2. The van der Waals surface area contributed by atoms with E-state index in [1.807, 2.05) is 18.2 Å². The van der Waals surface area contributed by atoms with Crippen molar-refractivity contribution >= 4 is 0 Å². The average Bonchev–Trinajstić information content (AvgIpc) is 2.61. The van der Waals surface area contributed by atoms with Crippen LogP contribution in [-0.2, 0) is 0 Å². The Morgan fingerprint density at radius 2 is 1.52 bits per heavy atom. The van der Waals surface area contributed by atoms with E-state index in [4.69, 9.17) is 0 Å². The predicted molar refractivity (Wildman–Crippen MR) is 90.0 cm³/mol. The average molecular weight is 314 g/mol. The summed E-state index contributed by atoms with van der Waals surface area (Å²) in [6.07, 6.45) is 3.25. The molecule has 122 valence electrons. The third kappa shape index (κ3) is 4.18. The molecule has 0 aliphatic carbocycles. The first kappa shape index (κ1) is 16.2. The minimum Gasteiger partial charge on any atom is -0.388 e. The van der Waals surface area contributed by atoms with Crippen molar-refractivity contribution in [3.8, 4) is 0 Å². The molecule has 0 radical (unpaired) electrons. The number of hydrogen-bond donors (Lipinski definition) is 2. The highest BCUT2D eigenvalue weighted by atomic mass is 19.1. The van der Waals surface area contributed by atoms with Crippen LogP contribution >= 0.6 is 0 Å². The summed E-state index contributed by atoms with van der Waals surface area (Å²) < 4.78 is 13.2. The summed E-state index contributed by atoms with van der Waals surface area (Å²) in [4.78, 5) is 1.56. The lowest BCUT2D eigenvalue weighted by Crippen LogP contribution is -3.13. The molecule has 2 nitrogen and oxygen atoms in total. The first-order valence-electron chi connectivity index (χ1n) is 8.56. The van der Waals surface area contributed by atoms with Crippen molar-refractivity contribution in [2.24, 2.45) is 0 Å². The number of benzene rings is 2. The quantitative estimate of drug-likeness (QED) is 0.871. The van der Waals surface area contributed by atoms with Crippen LogP contribution in [0.4, 0.5) is 4.39 Å². The van der Waals surface area contributed by atoms with Gasteiger partial charge in [0, 0.05) is 0 Å². The van der Waals surface area contributed by atoms with E-state index in [9.17, 15) is 9.50 Å². The summed E-state index contributed by atoms with van der Waals surface area (Å²) in [5.41, 5.74) is 1.94. The Bertz CT molecular complexity index is 593. The van der Waals surface area contributed by atoms with Gasteiger partial charge in [-0.2, -0.15) is 0 Å². The molecule has 0 aromatic heterocycles. The maximum atomic E-state index is 13.2. The van der Waals surface area contributed by atoms with E-state index < -0.39 is 6.10 Å². The molecule has 3 heteroatoms. The second-order valence-corrected chi connectivity index (χ2v) is 6.53. The van der Waals surface area contributed by atoms with E-state index in [0.717, 1.165) is 17.7 Å². The Morgan fingerprint density at radius 1 is 0.870 bits per heavy atom. The van der Waals surface area contributed by atoms with Gasteiger partial charge in [-0.25, -0.2) is 4.39 Å².